The summed E-state index contributed by atoms with van der Waals surface area (Å²) in [6, 6.07) is 12.9. The zero-order valence-corrected chi connectivity index (χ0v) is 17.3. The highest BCUT2D eigenvalue weighted by Crippen LogP contribution is 2.15. The van der Waals surface area contributed by atoms with E-state index in [1.54, 1.807) is 31.2 Å². The van der Waals surface area contributed by atoms with Crippen molar-refractivity contribution < 1.29 is 18.7 Å². The molecule has 0 heterocycles. The molecule has 2 aromatic rings. The van der Waals surface area contributed by atoms with Crippen molar-refractivity contribution in [2.75, 3.05) is 13.2 Å². The van der Waals surface area contributed by atoms with Crippen LogP contribution in [0, 0.1) is 12.7 Å². The van der Waals surface area contributed by atoms with E-state index in [1.165, 1.54) is 11.0 Å². The Hall–Kier alpha value is -2.89. The molecular formula is C23H29FN2O3. The fourth-order valence-corrected chi connectivity index (χ4v) is 2.86. The van der Waals surface area contributed by atoms with Gasteiger partial charge in [-0.2, -0.15) is 0 Å². The average Bonchev–Trinajstić information content (AvgIpc) is 2.71. The zero-order chi connectivity index (χ0) is 21.2. The number of halogens is 1. The maximum Gasteiger partial charge on any atom is 0.261 e. The topological polar surface area (TPSA) is 58.6 Å². The number of benzene rings is 2. The van der Waals surface area contributed by atoms with E-state index in [0.717, 1.165) is 18.4 Å². The highest BCUT2D eigenvalue weighted by Gasteiger charge is 2.27. The summed E-state index contributed by atoms with van der Waals surface area (Å²) in [5.74, 6) is -0.487. The average molecular weight is 400 g/mol. The molecule has 2 aromatic carbocycles. The Kier molecular flexibility index (Phi) is 8.65. The second-order valence-corrected chi connectivity index (χ2v) is 7.04. The quantitative estimate of drug-likeness (QED) is 0.617. The van der Waals surface area contributed by atoms with Crippen LogP contribution in [-0.4, -0.2) is 35.9 Å². The molecule has 29 heavy (non-hydrogen) atoms. The maximum atomic E-state index is 14.2. The van der Waals surface area contributed by atoms with Gasteiger partial charge in [0, 0.05) is 18.7 Å². The number of ether oxygens (including phenoxy) is 1. The van der Waals surface area contributed by atoms with Crippen molar-refractivity contribution >= 4 is 11.8 Å². The van der Waals surface area contributed by atoms with E-state index in [0.29, 0.717) is 17.9 Å². The third-order valence-corrected chi connectivity index (χ3v) is 4.65. The highest BCUT2D eigenvalue weighted by atomic mass is 19.1. The fraction of sp³-hybridized carbons (Fsp3) is 0.391. The summed E-state index contributed by atoms with van der Waals surface area (Å²) in [4.78, 5) is 26.8. The minimum absolute atomic E-state index is 0.00888. The third-order valence-electron chi connectivity index (χ3n) is 4.65. The van der Waals surface area contributed by atoms with Gasteiger partial charge in [0.15, 0.2) is 6.61 Å². The molecule has 0 unspecified atom stereocenters. The Bertz CT molecular complexity index is 825. The van der Waals surface area contributed by atoms with Crippen LogP contribution in [0.5, 0.6) is 5.75 Å². The van der Waals surface area contributed by atoms with E-state index in [9.17, 15) is 14.0 Å². The summed E-state index contributed by atoms with van der Waals surface area (Å²) in [5, 5.41) is 2.83. The molecule has 0 bridgehead atoms. The molecule has 156 valence electrons. The van der Waals surface area contributed by atoms with E-state index in [-0.39, 0.29) is 25.0 Å². The minimum atomic E-state index is -0.750. The van der Waals surface area contributed by atoms with Crippen LogP contribution in [0.1, 0.15) is 37.8 Å². The SMILES string of the molecule is CCCCNC(=O)[C@H](C)N(Cc1ccccc1F)C(=O)COc1cccc(C)c1. The van der Waals surface area contributed by atoms with Gasteiger partial charge in [0.25, 0.3) is 5.91 Å². The monoisotopic (exact) mass is 400 g/mol. The number of rotatable bonds is 10. The standard InChI is InChI=1S/C23H29FN2O3/c1-4-5-13-25-23(28)18(3)26(15-19-10-6-7-12-21(19)24)22(27)16-29-20-11-8-9-17(2)14-20/h6-12,14,18H,4-5,13,15-16H2,1-3H3,(H,25,28)/t18-/m0/s1. The number of unbranched alkanes of at least 4 members (excludes halogenated alkanes) is 1. The molecule has 5 nitrogen and oxygen atoms in total. The Morgan fingerprint density at radius 3 is 2.62 bits per heavy atom. The number of hydrogen-bond acceptors (Lipinski definition) is 3. The van der Waals surface area contributed by atoms with Crippen LogP contribution >= 0.6 is 0 Å². The lowest BCUT2D eigenvalue weighted by molar-refractivity contribution is -0.142. The number of amides is 2. The predicted octanol–water partition coefficient (Wildman–Crippen LogP) is 3.85. The van der Waals surface area contributed by atoms with Gasteiger partial charge in [-0.1, -0.05) is 43.7 Å². The molecule has 0 saturated carbocycles. The lowest BCUT2D eigenvalue weighted by Gasteiger charge is -2.29. The molecule has 0 spiro atoms. The number of aryl methyl sites for hydroxylation is 1. The van der Waals surface area contributed by atoms with Crippen molar-refractivity contribution in [1.82, 2.24) is 10.2 Å². The molecule has 0 aromatic heterocycles. The molecule has 0 fully saturated rings. The molecule has 6 heteroatoms. The van der Waals surface area contributed by atoms with Crippen LogP contribution in [0.4, 0.5) is 4.39 Å². The van der Waals surface area contributed by atoms with Crippen molar-refractivity contribution in [2.24, 2.45) is 0 Å². The Balaban J connectivity index is 2.12. The van der Waals surface area contributed by atoms with Gasteiger partial charge in [-0.15, -0.1) is 0 Å². The number of carbonyl (C=O) groups is 2. The Labute approximate surface area is 171 Å². The van der Waals surface area contributed by atoms with E-state index < -0.39 is 11.9 Å². The van der Waals surface area contributed by atoms with E-state index >= 15 is 0 Å². The van der Waals surface area contributed by atoms with Gasteiger partial charge in [0.1, 0.15) is 17.6 Å². The predicted molar refractivity (Wildman–Crippen MR) is 111 cm³/mol. The normalized spacial score (nSPS) is 11.6. The van der Waals surface area contributed by atoms with Crippen LogP contribution in [0.2, 0.25) is 0 Å². The number of carbonyl (C=O) groups excluding carboxylic acids is 2. The number of hydrogen-bond donors (Lipinski definition) is 1. The Morgan fingerprint density at radius 1 is 1.17 bits per heavy atom. The molecular weight excluding hydrogens is 371 g/mol. The smallest absolute Gasteiger partial charge is 0.261 e. The summed E-state index contributed by atoms with van der Waals surface area (Å²) >= 11 is 0. The van der Waals surface area contributed by atoms with E-state index in [2.05, 4.69) is 5.32 Å². The maximum absolute atomic E-state index is 14.2. The van der Waals surface area contributed by atoms with Crippen LogP contribution in [-0.2, 0) is 16.1 Å². The molecule has 2 amide bonds. The van der Waals surface area contributed by atoms with Crippen LogP contribution in [0.25, 0.3) is 0 Å². The summed E-state index contributed by atoms with van der Waals surface area (Å²) < 4.78 is 19.8. The summed E-state index contributed by atoms with van der Waals surface area (Å²) in [6.07, 6.45) is 1.81. The molecule has 0 saturated heterocycles. The second-order valence-electron chi connectivity index (χ2n) is 7.04. The molecule has 1 atom stereocenters. The fourth-order valence-electron chi connectivity index (χ4n) is 2.86. The van der Waals surface area contributed by atoms with Gasteiger partial charge >= 0.3 is 0 Å². The van der Waals surface area contributed by atoms with Crippen LogP contribution in [0.15, 0.2) is 48.5 Å². The first-order chi connectivity index (χ1) is 13.9. The van der Waals surface area contributed by atoms with E-state index in [4.69, 9.17) is 4.74 Å². The van der Waals surface area contributed by atoms with Crippen molar-refractivity contribution in [1.29, 1.82) is 0 Å². The van der Waals surface area contributed by atoms with Gasteiger partial charge in [-0.25, -0.2) is 4.39 Å². The Morgan fingerprint density at radius 2 is 1.93 bits per heavy atom. The highest BCUT2D eigenvalue weighted by molar-refractivity contribution is 5.87. The van der Waals surface area contributed by atoms with Crippen LogP contribution < -0.4 is 10.1 Å². The molecule has 0 radical (unpaired) electrons. The molecule has 2 rings (SSSR count). The molecule has 0 aliphatic rings. The lowest BCUT2D eigenvalue weighted by atomic mass is 10.1. The van der Waals surface area contributed by atoms with Gasteiger partial charge < -0.3 is 15.0 Å². The van der Waals surface area contributed by atoms with Crippen molar-refractivity contribution in [3.8, 4) is 5.75 Å². The first kappa shape index (κ1) is 22.4. The van der Waals surface area contributed by atoms with Crippen molar-refractivity contribution in [2.45, 2.75) is 46.2 Å². The zero-order valence-electron chi connectivity index (χ0n) is 17.3. The number of nitrogens with zero attached hydrogens (tertiary/aromatic N) is 1. The summed E-state index contributed by atoms with van der Waals surface area (Å²) in [6.45, 7) is 5.91. The number of nitrogens with one attached hydrogen (secondary N) is 1. The van der Waals surface area contributed by atoms with Crippen molar-refractivity contribution in [3.63, 3.8) is 0 Å². The lowest BCUT2D eigenvalue weighted by Crippen LogP contribution is -2.49. The first-order valence-corrected chi connectivity index (χ1v) is 9.92. The third kappa shape index (κ3) is 6.89. The molecule has 0 aliphatic heterocycles. The van der Waals surface area contributed by atoms with Crippen molar-refractivity contribution in [3.05, 3.63) is 65.5 Å². The molecule has 1 N–H and O–H groups in total. The summed E-state index contributed by atoms with van der Waals surface area (Å²) in [5.41, 5.74) is 1.37. The first-order valence-electron chi connectivity index (χ1n) is 9.92. The minimum Gasteiger partial charge on any atom is -0.484 e. The second kappa shape index (κ2) is 11.2. The van der Waals surface area contributed by atoms with Gasteiger partial charge in [0.2, 0.25) is 5.91 Å². The van der Waals surface area contributed by atoms with Crippen LogP contribution in [0.3, 0.4) is 0 Å². The molecule has 0 aliphatic carbocycles. The van der Waals surface area contributed by atoms with E-state index in [1.807, 2.05) is 32.0 Å². The largest absolute Gasteiger partial charge is 0.484 e. The van der Waals surface area contributed by atoms with Gasteiger partial charge in [0.05, 0.1) is 0 Å². The van der Waals surface area contributed by atoms with Gasteiger partial charge in [-0.05, 0) is 44.0 Å². The van der Waals surface area contributed by atoms with Gasteiger partial charge in [-0.3, -0.25) is 9.59 Å². The summed E-state index contributed by atoms with van der Waals surface area (Å²) in [7, 11) is 0.